The van der Waals surface area contributed by atoms with Gasteiger partial charge in [0.25, 0.3) is 5.91 Å². The lowest BCUT2D eigenvalue weighted by Gasteiger charge is -2.05. The molecular formula is C14H16N2O3. The monoisotopic (exact) mass is 260 g/mol. The molecule has 0 aliphatic rings. The van der Waals surface area contributed by atoms with E-state index in [-0.39, 0.29) is 11.8 Å². The number of nitrogens with one attached hydrogen (secondary N) is 2. The van der Waals surface area contributed by atoms with Crippen molar-refractivity contribution in [2.75, 3.05) is 13.1 Å². The van der Waals surface area contributed by atoms with Gasteiger partial charge in [0.2, 0.25) is 5.91 Å². The van der Waals surface area contributed by atoms with E-state index in [0.717, 1.165) is 16.7 Å². The van der Waals surface area contributed by atoms with Crippen LogP contribution in [0.4, 0.5) is 0 Å². The summed E-state index contributed by atoms with van der Waals surface area (Å²) in [5.74, 6) is 0.550. The maximum absolute atomic E-state index is 11.9. The number of aryl methyl sites for hydroxylation is 1. The van der Waals surface area contributed by atoms with Crippen molar-refractivity contribution in [2.24, 2.45) is 0 Å². The summed E-state index contributed by atoms with van der Waals surface area (Å²) in [5.41, 5.74) is 1.35. The molecule has 5 heteroatoms. The second-order valence-electron chi connectivity index (χ2n) is 4.35. The largest absolute Gasteiger partial charge is 0.461 e. The SMILES string of the molecule is CC(=O)NCCNC(=O)c1ccc2oc(C)cc2c1. The number of amides is 2. The molecule has 0 atom stereocenters. The Morgan fingerprint density at radius 1 is 1.16 bits per heavy atom. The van der Waals surface area contributed by atoms with Gasteiger partial charge < -0.3 is 15.1 Å². The first kappa shape index (κ1) is 13.1. The van der Waals surface area contributed by atoms with E-state index in [1.165, 1.54) is 6.92 Å². The quantitative estimate of drug-likeness (QED) is 0.820. The summed E-state index contributed by atoms with van der Waals surface area (Å²) >= 11 is 0. The summed E-state index contributed by atoms with van der Waals surface area (Å²) in [4.78, 5) is 22.6. The number of carbonyl (C=O) groups excluding carboxylic acids is 2. The average Bonchev–Trinajstić information content (AvgIpc) is 2.73. The maximum atomic E-state index is 11.9. The summed E-state index contributed by atoms with van der Waals surface area (Å²) in [6.07, 6.45) is 0. The molecule has 2 rings (SSSR count). The third kappa shape index (κ3) is 3.34. The van der Waals surface area contributed by atoms with Crippen LogP contribution in [0.1, 0.15) is 23.0 Å². The minimum Gasteiger partial charge on any atom is -0.461 e. The van der Waals surface area contributed by atoms with Gasteiger partial charge in [-0.15, -0.1) is 0 Å². The van der Waals surface area contributed by atoms with Crippen LogP contribution in [0.2, 0.25) is 0 Å². The number of benzene rings is 1. The van der Waals surface area contributed by atoms with Crippen LogP contribution in [0.5, 0.6) is 0 Å². The lowest BCUT2D eigenvalue weighted by atomic mass is 10.1. The zero-order valence-electron chi connectivity index (χ0n) is 10.9. The van der Waals surface area contributed by atoms with Crippen LogP contribution in [0.25, 0.3) is 11.0 Å². The summed E-state index contributed by atoms with van der Waals surface area (Å²) in [6.45, 7) is 4.14. The van der Waals surface area contributed by atoms with Crippen LogP contribution in [0.15, 0.2) is 28.7 Å². The predicted octanol–water partition coefficient (Wildman–Crippen LogP) is 1.61. The minimum atomic E-state index is -0.161. The van der Waals surface area contributed by atoms with E-state index < -0.39 is 0 Å². The fourth-order valence-corrected chi connectivity index (χ4v) is 1.83. The first-order chi connectivity index (χ1) is 9.06. The fraction of sp³-hybridized carbons (Fsp3) is 0.286. The molecule has 0 saturated heterocycles. The van der Waals surface area contributed by atoms with Gasteiger partial charge in [0.15, 0.2) is 0 Å². The highest BCUT2D eigenvalue weighted by Crippen LogP contribution is 2.20. The zero-order valence-corrected chi connectivity index (χ0v) is 10.9. The summed E-state index contributed by atoms with van der Waals surface area (Å²) < 4.78 is 5.45. The van der Waals surface area contributed by atoms with E-state index in [2.05, 4.69) is 10.6 Å². The molecule has 0 saturated carbocycles. The second-order valence-corrected chi connectivity index (χ2v) is 4.35. The third-order valence-corrected chi connectivity index (χ3v) is 2.69. The normalized spacial score (nSPS) is 10.4. The van der Waals surface area contributed by atoms with E-state index in [1.54, 1.807) is 18.2 Å². The van der Waals surface area contributed by atoms with Gasteiger partial charge in [0.1, 0.15) is 11.3 Å². The van der Waals surface area contributed by atoms with Crippen molar-refractivity contribution >= 4 is 22.8 Å². The van der Waals surface area contributed by atoms with Crippen molar-refractivity contribution in [3.8, 4) is 0 Å². The fourth-order valence-electron chi connectivity index (χ4n) is 1.83. The lowest BCUT2D eigenvalue weighted by molar-refractivity contribution is -0.118. The molecule has 1 aromatic carbocycles. The van der Waals surface area contributed by atoms with Crippen molar-refractivity contribution in [1.82, 2.24) is 10.6 Å². The smallest absolute Gasteiger partial charge is 0.251 e. The number of rotatable bonds is 4. The molecule has 1 heterocycles. The topological polar surface area (TPSA) is 71.3 Å². The molecule has 0 bridgehead atoms. The van der Waals surface area contributed by atoms with Crippen molar-refractivity contribution in [3.05, 3.63) is 35.6 Å². The Bertz CT molecular complexity index is 616. The first-order valence-electron chi connectivity index (χ1n) is 6.09. The molecule has 5 nitrogen and oxygen atoms in total. The first-order valence-corrected chi connectivity index (χ1v) is 6.09. The highest BCUT2D eigenvalue weighted by atomic mass is 16.3. The van der Waals surface area contributed by atoms with Gasteiger partial charge in [-0.2, -0.15) is 0 Å². The van der Waals surface area contributed by atoms with E-state index in [9.17, 15) is 9.59 Å². The number of hydrogen-bond acceptors (Lipinski definition) is 3. The predicted molar refractivity (Wildman–Crippen MR) is 72.0 cm³/mol. The molecule has 19 heavy (non-hydrogen) atoms. The van der Waals surface area contributed by atoms with Crippen molar-refractivity contribution in [1.29, 1.82) is 0 Å². The van der Waals surface area contributed by atoms with Gasteiger partial charge in [0, 0.05) is 31.0 Å². The Morgan fingerprint density at radius 3 is 2.63 bits per heavy atom. The number of carbonyl (C=O) groups is 2. The minimum absolute atomic E-state index is 0.107. The number of hydrogen-bond donors (Lipinski definition) is 2. The summed E-state index contributed by atoms with van der Waals surface area (Å²) in [6, 6.07) is 7.19. The summed E-state index contributed by atoms with van der Waals surface area (Å²) in [5, 5.41) is 6.27. The average molecular weight is 260 g/mol. The molecule has 2 amide bonds. The van der Waals surface area contributed by atoms with Gasteiger partial charge in [0.05, 0.1) is 0 Å². The van der Waals surface area contributed by atoms with Gasteiger partial charge in [-0.1, -0.05) is 0 Å². The molecular weight excluding hydrogens is 244 g/mol. The van der Waals surface area contributed by atoms with Crippen molar-refractivity contribution in [2.45, 2.75) is 13.8 Å². The Labute approximate surface area is 111 Å². The van der Waals surface area contributed by atoms with Crippen LogP contribution in [0.3, 0.4) is 0 Å². The van der Waals surface area contributed by atoms with Gasteiger partial charge in [-0.3, -0.25) is 9.59 Å². The molecule has 0 aliphatic carbocycles. The van der Waals surface area contributed by atoms with E-state index in [0.29, 0.717) is 18.7 Å². The van der Waals surface area contributed by atoms with Gasteiger partial charge in [-0.05, 0) is 31.2 Å². The van der Waals surface area contributed by atoms with Crippen LogP contribution in [-0.4, -0.2) is 24.9 Å². The van der Waals surface area contributed by atoms with Crippen molar-refractivity contribution < 1.29 is 14.0 Å². The van der Waals surface area contributed by atoms with E-state index >= 15 is 0 Å². The Kier molecular flexibility index (Phi) is 3.85. The Morgan fingerprint density at radius 2 is 1.89 bits per heavy atom. The maximum Gasteiger partial charge on any atom is 0.251 e. The summed E-state index contributed by atoms with van der Waals surface area (Å²) in [7, 11) is 0. The molecule has 2 aromatic rings. The lowest BCUT2D eigenvalue weighted by Crippen LogP contribution is -2.33. The van der Waals surface area contributed by atoms with E-state index in [4.69, 9.17) is 4.42 Å². The molecule has 2 N–H and O–H groups in total. The molecule has 0 radical (unpaired) electrons. The molecule has 0 fully saturated rings. The van der Waals surface area contributed by atoms with Crippen LogP contribution >= 0.6 is 0 Å². The standard InChI is InChI=1S/C14H16N2O3/c1-9-7-12-8-11(3-4-13(12)19-9)14(18)16-6-5-15-10(2)17/h3-4,7-8H,5-6H2,1-2H3,(H,15,17)(H,16,18). The Hall–Kier alpha value is -2.30. The van der Waals surface area contributed by atoms with Crippen LogP contribution in [-0.2, 0) is 4.79 Å². The van der Waals surface area contributed by atoms with Crippen LogP contribution < -0.4 is 10.6 Å². The zero-order chi connectivity index (χ0) is 13.8. The Balaban J connectivity index is 1.98. The molecule has 100 valence electrons. The van der Waals surface area contributed by atoms with Crippen LogP contribution in [0, 0.1) is 6.92 Å². The highest BCUT2D eigenvalue weighted by molar-refractivity contribution is 5.97. The van der Waals surface area contributed by atoms with E-state index in [1.807, 2.05) is 13.0 Å². The second kappa shape index (κ2) is 5.56. The molecule has 1 aromatic heterocycles. The highest BCUT2D eigenvalue weighted by Gasteiger charge is 2.07. The number of furan rings is 1. The molecule has 0 spiro atoms. The molecule has 0 unspecified atom stereocenters. The van der Waals surface area contributed by atoms with Gasteiger partial charge >= 0.3 is 0 Å². The number of fused-ring (bicyclic) bond motifs is 1. The van der Waals surface area contributed by atoms with Crippen molar-refractivity contribution in [3.63, 3.8) is 0 Å². The van der Waals surface area contributed by atoms with Gasteiger partial charge in [-0.25, -0.2) is 0 Å². The molecule has 0 aliphatic heterocycles. The third-order valence-electron chi connectivity index (χ3n) is 2.69.